The molecule has 0 amide bonds. The fraction of sp³-hybridized carbons (Fsp3) is 0.0213. The topological polar surface area (TPSA) is 15.7 Å². The van der Waals surface area contributed by atoms with Crippen molar-refractivity contribution in [1.82, 2.24) is 0 Å². The van der Waals surface area contributed by atoms with E-state index in [4.69, 9.17) is 4.74 Å². The third-order valence-corrected chi connectivity index (χ3v) is 11.8. The average Bonchev–Trinajstić information content (AvgIpc) is 3.53. The molecule has 2 aliphatic rings. The molecule has 1 aromatic heterocycles. The summed E-state index contributed by atoms with van der Waals surface area (Å²) < 4.78 is 9.40. The summed E-state index contributed by atoms with van der Waals surface area (Å²) in [7, 11) is 0. The largest absolute Gasteiger partial charge is 0.458 e. The summed E-state index contributed by atoms with van der Waals surface area (Å²) in [5, 5.41) is 4.96. The highest BCUT2D eigenvalue weighted by Gasteiger charge is 2.41. The highest BCUT2D eigenvalue weighted by Crippen LogP contribution is 2.44. The van der Waals surface area contributed by atoms with Gasteiger partial charge < -0.3 is 14.5 Å². The lowest BCUT2D eigenvalue weighted by Gasteiger charge is -2.39. The predicted molar refractivity (Wildman–Crippen MR) is 222 cm³/mol. The molecule has 0 N–H and O–H groups in total. The number of thiophene rings is 1. The molecule has 52 heavy (non-hydrogen) atoms. The van der Waals surface area contributed by atoms with Crippen molar-refractivity contribution in [2.24, 2.45) is 0 Å². The Bertz CT molecular complexity index is 2850. The standard InChI is InChI=1S/C47H31BN2OS/c1-30-19-22-35(23-20-30)49(33-11-4-2-5-12-33)36-24-21-31-26-37-38-28-44-40(29-46(38)52-45(37)27-32(31)25-36)48-39-15-8-9-16-41(39)50(34-13-6-3-7-14-34)42-17-10-18-43(51-44)47(42)48/h2-29H,1H3. The SMILES string of the molecule is Cc1ccc(N(c2ccccc2)c2ccc3cc4c(cc3c2)sc2cc3c(cc24)Oc2cccc4c2B3c2ccccc2N4c2ccccc2)cc1. The first-order valence-corrected chi connectivity index (χ1v) is 18.6. The van der Waals surface area contributed by atoms with Gasteiger partial charge in [-0.1, -0.05) is 84.4 Å². The third-order valence-electron chi connectivity index (χ3n) is 10.7. The fourth-order valence-electron chi connectivity index (χ4n) is 8.34. The van der Waals surface area contributed by atoms with Crippen LogP contribution in [-0.4, -0.2) is 6.71 Å². The van der Waals surface area contributed by atoms with Gasteiger partial charge in [-0.25, -0.2) is 0 Å². The minimum absolute atomic E-state index is 0.0769. The van der Waals surface area contributed by atoms with Crippen LogP contribution in [0.25, 0.3) is 30.9 Å². The molecule has 0 atom stereocenters. The Labute approximate surface area is 306 Å². The molecule has 11 rings (SSSR count). The predicted octanol–water partition coefficient (Wildman–Crippen LogP) is 11.4. The maximum atomic E-state index is 6.84. The Morgan fingerprint density at radius 1 is 0.519 bits per heavy atom. The van der Waals surface area contributed by atoms with E-state index in [0.717, 1.165) is 34.2 Å². The van der Waals surface area contributed by atoms with Crippen molar-refractivity contribution in [3.8, 4) is 11.5 Å². The van der Waals surface area contributed by atoms with Crippen LogP contribution in [0.3, 0.4) is 0 Å². The lowest BCUT2D eigenvalue weighted by molar-refractivity contribution is 0.488. The van der Waals surface area contributed by atoms with Gasteiger partial charge in [0.1, 0.15) is 11.5 Å². The molecule has 0 fully saturated rings. The van der Waals surface area contributed by atoms with E-state index >= 15 is 0 Å². The molecule has 2 aliphatic heterocycles. The summed E-state index contributed by atoms with van der Waals surface area (Å²) in [4.78, 5) is 4.72. The van der Waals surface area contributed by atoms with Gasteiger partial charge in [0.2, 0.25) is 0 Å². The van der Waals surface area contributed by atoms with E-state index in [1.54, 1.807) is 0 Å². The smallest absolute Gasteiger partial charge is 0.256 e. The van der Waals surface area contributed by atoms with Crippen LogP contribution in [0.4, 0.5) is 34.1 Å². The minimum atomic E-state index is 0.0769. The van der Waals surface area contributed by atoms with Gasteiger partial charge in [-0.05, 0) is 125 Å². The average molecular weight is 683 g/mol. The molecule has 3 nitrogen and oxygen atoms in total. The van der Waals surface area contributed by atoms with Crippen molar-refractivity contribution < 1.29 is 4.74 Å². The van der Waals surface area contributed by atoms with Crippen LogP contribution in [-0.2, 0) is 0 Å². The van der Waals surface area contributed by atoms with Crippen LogP contribution in [0, 0.1) is 6.92 Å². The van der Waals surface area contributed by atoms with Crippen LogP contribution in [0.2, 0.25) is 0 Å². The van der Waals surface area contributed by atoms with Crippen molar-refractivity contribution in [3.05, 3.63) is 175 Å². The van der Waals surface area contributed by atoms with E-state index in [1.165, 1.54) is 64.3 Å². The second kappa shape index (κ2) is 11.4. The monoisotopic (exact) mass is 682 g/mol. The van der Waals surface area contributed by atoms with Crippen molar-refractivity contribution in [3.63, 3.8) is 0 Å². The van der Waals surface area contributed by atoms with E-state index in [1.807, 2.05) is 11.3 Å². The molecule has 0 spiro atoms. The number of para-hydroxylation sites is 3. The first-order chi connectivity index (χ1) is 25.7. The molecule has 8 aromatic carbocycles. The molecule has 244 valence electrons. The number of hydrogen-bond acceptors (Lipinski definition) is 4. The molecule has 5 heteroatoms. The van der Waals surface area contributed by atoms with Crippen LogP contribution >= 0.6 is 11.3 Å². The van der Waals surface area contributed by atoms with Crippen LogP contribution in [0.5, 0.6) is 11.5 Å². The van der Waals surface area contributed by atoms with Gasteiger partial charge >= 0.3 is 0 Å². The van der Waals surface area contributed by atoms with Gasteiger partial charge in [0, 0.05) is 54.3 Å². The number of aryl methyl sites for hydroxylation is 1. The number of ether oxygens (including phenoxy) is 1. The number of benzene rings is 8. The Balaban J connectivity index is 1.06. The summed E-state index contributed by atoms with van der Waals surface area (Å²) in [6, 6.07) is 61.7. The number of fused-ring (bicyclic) bond motifs is 8. The summed E-state index contributed by atoms with van der Waals surface area (Å²) in [5.41, 5.74) is 12.0. The summed E-state index contributed by atoms with van der Waals surface area (Å²) in [6.07, 6.45) is 0. The van der Waals surface area contributed by atoms with Crippen molar-refractivity contribution in [2.75, 3.05) is 9.80 Å². The zero-order valence-corrected chi connectivity index (χ0v) is 29.3. The van der Waals surface area contributed by atoms with Gasteiger partial charge in [0.05, 0.1) is 0 Å². The van der Waals surface area contributed by atoms with Crippen molar-refractivity contribution >= 4 is 99.5 Å². The minimum Gasteiger partial charge on any atom is -0.458 e. The van der Waals surface area contributed by atoms with E-state index in [2.05, 4.69) is 187 Å². The van der Waals surface area contributed by atoms with Crippen LogP contribution < -0.4 is 30.9 Å². The lowest BCUT2D eigenvalue weighted by atomic mass is 9.34. The van der Waals surface area contributed by atoms with E-state index in [-0.39, 0.29) is 6.71 Å². The Morgan fingerprint density at radius 3 is 2.06 bits per heavy atom. The quantitative estimate of drug-likeness (QED) is 0.172. The molecule has 0 aliphatic carbocycles. The maximum absolute atomic E-state index is 6.84. The van der Waals surface area contributed by atoms with E-state index in [0.29, 0.717) is 0 Å². The van der Waals surface area contributed by atoms with Gasteiger partial charge in [-0.3, -0.25) is 0 Å². The Kier molecular flexibility index (Phi) is 6.43. The number of nitrogens with zero attached hydrogens (tertiary/aromatic N) is 2. The maximum Gasteiger partial charge on any atom is 0.256 e. The van der Waals surface area contributed by atoms with E-state index < -0.39 is 0 Å². The van der Waals surface area contributed by atoms with Crippen molar-refractivity contribution in [2.45, 2.75) is 6.92 Å². The molecule has 0 unspecified atom stereocenters. The summed E-state index contributed by atoms with van der Waals surface area (Å²) in [6.45, 7) is 2.21. The Hall–Kier alpha value is -6.30. The van der Waals surface area contributed by atoms with Gasteiger partial charge in [0.15, 0.2) is 0 Å². The zero-order chi connectivity index (χ0) is 34.3. The molecule has 0 bridgehead atoms. The van der Waals surface area contributed by atoms with Gasteiger partial charge in [-0.2, -0.15) is 0 Å². The lowest BCUT2D eigenvalue weighted by Crippen LogP contribution is -2.59. The molecular weight excluding hydrogens is 651 g/mol. The molecule has 3 heterocycles. The second-order valence-electron chi connectivity index (χ2n) is 13.8. The highest BCUT2D eigenvalue weighted by molar-refractivity contribution is 7.26. The number of anilines is 6. The molecule has 9 aromatic rings. The van der Waals surface area contributed by atoms with Gasteiger partial charge in [-0.15, -0.1) is 11.3 Å². The number of rotatable bonds is 4. The normalized spacial score (nSPS) is 12.8. The zero-order valence-electron chi connectivity index (χ0n) is 28.5. The van der Waals surface area contributed by atoms with E-state index in [9.17, 15) is 0 Å². The molecule has 0 saturated heterocycles. The van der Waals surface area contributed by atoms with Crippen molar-refractivity contribution in [1.29, 1.82) is 0 Å². The third kappa shape index (κ3) is 4.46. The second-order valence-corrected chi connectivity index (χ2v) is 14.9. The summed E-state index contributed by atoms with van der Waals surface area (Å²) in [5.74, 6) is 1.87. The first kappa shape index (κ1) is 29.4. The molecular formula is C47H31BN2OS. The Morgan fingerprint density at radius 2 is 1.21 bits per heavy atom. The van der Waals surface area contributed by atoms with Crippen LogP contribution in [0.1, 0.15) is 5.56 Å². The highest BCUT2D eigenvalue weighted by atomic mass is 32.1. The first-order valence-electron chi connectivity index (χ1n) is 17.8. The van der Waals surface area contributed by atoms with Crippen LogP contribution in [0.15, 0.2) is 170 Å². The molecule has 0 radical (unpaired) electrons. The number of hydrogen-bond donors (Lipinski definition) is 0. The fourth-order valence-corrected chi connectivity index (χ4v) is 9.51. The summed E-state index contributed by atoms with van der Waals surface area (Å²) >= 11 is 1.87. The van der Waals surface area contributed by atoms with Gasteiger partial charge in [0.25, 0.3) is 6.71 Å². The molecule has 0 saturated carbocycles.